The van der Waals surface area contributed by atoms with E-state index in [0.717, 1.165) is 55.0 Å². The second-order valence-electron chi connectivity index (χ2n) is 9.20. The van der Waals surface area contributed by atoms with Crippen molar-refractivity contribution in [2.45, 2.75) is 38.4 Å². The van der Waals surface area contributed by atoms with E-state index in [1.165, 1.54) is 0 Å². The molecule has 0 amide bonds. The largest absolute Gasteiger partial charge is 0.376 e. The lowest BCUT2D eigenvalue weighted by atomic mass is 10.1. The number of nitrogen functional groups attached to an aromatic ring is 1. The van der Waals surface area contributed by atoms with Crippen molar-refractivity contribution >= 4 is 17.0 Å². The number of hydrogen-bond acceptors (Lipinski definition) is 10. The fourth-order valence-electron chi connectivity index (χ4n) is 5.38. The molecular formula is C23H30N8O3. The Bertz CT molecular complexity index is 1160. The van der Waals surface area contributed by atoms with Crippen molar-refractivity contribution in [3.05, 3.63) is 30.4 Å². The molecule has 11 nitrogen and oxygen atoms in total. The van der Waals surface area contributed by atoms with Crippen LogP contribution in [0.2, 0.25) is 0 Å². The van der Waals surface area contributed by atoms with Crippen molar-refractivity contribution in [2.24, 2.45) is 0 Å². The number of fused-ring (bicyclic) bond motifs is 3. The summed E-state index contributed by atoms with van der Waals surface area (Å²) in [6, 6.07) is 2.18. The molecule has 11 heteroatoms. The lowest BCUT2D eigenvalue weighted by molar-refractivity contribution is -0.302. The molecule has 0 aliphatic carbocycles. The lowest BCUT2D eigenvalue weighted by Crippen LogP contribution is -2.67. The van der Waals surface area contributed by atoms with E-state index in [4.69, 9.17) is 24.9 Å². The summed E-state index contributed by atoms with van der Waals surface area (Å²) in [4.78, 5) is 22.5. The van der Waals surface area contributed by atoms with Crippen LogP contribution in [0.25, 0.3) is 22.4 Å². The zero-order chi connectivity index (χ0) is 23.3. The lowest BCUT2D eigenvalue weighted by Gasteiger charge is -2.55. The quantitative estimate of drug-likeness (QED) is 0.600. The highest BCUT2D eigenvalue weighted by Gasteiger charge is 2.51. The predicted molar refractivity (Wildman–Crippen MR) is 125 cm³/mol. The highest BCUT2D eigenvalue weighted by Crippen LogP contribution is 2.41. The number of aromatic nitrogens is 5. The minimum Gasteiger partial charge on any atom is -0.376 e. The number of morpholine rings is 2. The van der Waals surface area contributed by atoms with Crippen LogP contribution < -0.4 is 5.73 Å². The highest BCUT2D eigenvalue weighted by atomic mass is 16.5. The highest BCUT2D eigenvalue weighted by molar-refractivity contribution is 5.79. The Kier molecular flexibility index (Phi) is 5.46. The fourth-order valence-corrected chi connectivity index (χ4v) is 5.38. The number of rotatable bonds is 3. The van der Waals surface area contributed by atoms with E-state index in [9.17, 15) is 0 Å². The van der Waals surface area contributed by atoms with Crippen molar-refractivity contribution in [3.8, 4) is 11.4 Å². The van der Waals surface area contributed by atoms with Crippen LogP contribution >= 0.6 is 0 Å². The molecule has 2 fully saturated rings. The van der Waals surface area contributed by atoms with Gasteiger partial charge in [0, 0.05) is 56.7 Å². The van der Waals surface area contributed by atoms with Gasteiger partial charge < -0.3 is 24.5 Å². The molecule has 2 N–H and O–H groups in total. The standard InChI is InChI=1S/C23H30N8O3/c1-15-13-29(3-6-32-15)23(30-4-7-33-16(2)14-30)19-9-17-10-25-20(18-11-26-22(24)27-12-18)28-21(17)31(19)5-8-34-23/h9-12,15-16H,3-8,13-14H2,1-2H3,(H2,24,26,27). The average Bonchev–Trinajstić information content (AvgIpc) is 3.23. The van der Waals surface area contributed by atoms with Gasteiger partial charge >= 0.3 is 0 Å². The van der Waals surface area contributed by atoms with Crippen molar-refractivity contribution < 1.29 is 14.2 Å². The molecule has 180 valence electrons. The van der Waals surface area contributed by atoms with E-state index >= 15 is 0 Å². The Morgan fingerprint density at radius 1 is 0.912 bits per heavy atom. The van der Waals surface area contributed by atoms with E-state index in [0.29, 0.717) is 25.6 Å². The van der Waals surface area contributed by atoms with Crippen LogP contribution in [0.3, 0.4) is 0 Å². The van der Waals surface area contributed by atoms with E-state index in [2.05, 4.69) is 49.2 Å². The molecule has 6 rings (SSSR count). The third-order valence-electron chi connectivity index (χ3n) is 6.86. The van der Waals surface area contributed by atoms with Crippen LogP contribution in [0.4, 0.5) is 5.95 Å². The number of ether oxygens (including phenoxy) is 3. The van der Waals surface area contributed by atoms with Crippen LogP contribution in [0, 0.1) is 0 Å². The third kappa shape index (κ3) is 3.55. The number of nitrogens with two attached hydrogens (primary N) is 1. The van der Waals surface area contributed by atoms with Crippen LogP contribution in [0.1, 0.15) is 19.5 Å². The van der Waals surface area contributed by atoms with Gasteiger partial charge in [-0.15, -0.1) is 0 Å². The normalized spacial score (nSPS) is 28.8. The second-order valence-corrected chi connectivity index (χ2v) is 9.20. The van der Waals surface area contributed by atoms with E-state index < -0.39 is 5.85 Å². The van der Waals surface area contributed by atoms with Crippen LogP contribution in [-0.4, -0.2) is 92.5 Å². The molecule has 2 saturated heterocycles. The first-order valence-electron chi connectivity index (χ1n) is 11.9. The maximum atomic E-state index is 6.76. The van der Waals surface area contributed by atoms with Gasteiger partial charge in [-0.3, -0.25) is 9.80 Å². The topological polar surface area (TPSA) is 117 Å². The van der Waals surface area contributed by atoms with Crippen LogP contribution in [0.5, 0.6) is 0 Å². The predicted octanol–water partition coefficient (Wildman–Crippen LogP) is 1.05. The Hall–Kier alpha value is -2.70. The van der Waals surface area contributed by atoms with Gasteiger partial charge in [-0.1, -0.05) is 0 Å². The summed E-state index contributed by atoms with van der Waals surface area (Å²) in [6.07, 6.45) is 5.44. The first-order chi connectivity index (χ1) is 16.5. The summed E-state index contributed by atoms with van der Waals surface area (Å²) >= 11 is 0. The Labute approximate surface area is 197 Å². The molecule has 0 spiro atoms. The van der Waals surface area contributed by atoms with Crippen LogP contribution in [-0.2, 0) is 26.6 Å². The van der Waals surface area contributed by atoms with Gasteiger partial charge in [0.1, 0.15) is 5.65 Å². The summed E-state index contributed by atoms with van der Waals surface area (Å²) in [5, 5.41) is 0.979. The van der Waals surface area contributed by atoms with Crippen LogP contribution in [0.15, 0.2) is 24.7 Å². The monoisotopic (exact) mass is 466 g/mol. The van der Waals surface area contributed by atoms with Crippen molar-refractivity contribution in [3.63, 3.8) is 0 Å². The molecule has 2 unspecified atom stereocenters. The first kappa shape index (κ1) is 21.8. The Morgan fingerprint density at radius 3 is 2.24 bits per heavy atom. The van der Waals surface area contributed by atoms with Crippen molar-refractivity contribution in [1.82, 2.24) is 34.3 Å². The average molecular weight is 467 g/mol. The van der Waals surface area contributed by atoms with Gasteiger partial charge in [-0.2, -0.15) is 0 Å². The van der Waals surface area contributed by atoms with Gasteiger partial charge in [0.25, 0.3) is 0 Å². The third-order valence-corrected chi connectivity index (χ3v) is 6.86. The number of nitrogens with zero attached hydrogens (tertiary/aromatic N) is 7. The molecule has 34 heavy (non-hydrogen) atoms. The molecule has 3 aliphatic rings. The van der Waals surface area contributed by atoms with E-state index in [-0.39, 0.29) is 18.2 Å². The molecule has 3 aliphatic heterocycles. The SMILES string of the molecule is CC1CN(C2(N3CCOC(C)C3)OCCn3c2cc2cnc(-c4cnc(N)nc4)nc23)CCO1. The van der Waals surface area contributed by atoms with Crippen molar-refractivity contribution in [1.29, 1.82) is 0 Å². The fraction of sp³-hybridized carbons (Fsp3) is 0.565. The first-order valence-corrected chi connectivity index (χ1v) is 11.9. The minimum atomic E-state index is -0.709. The van der Waals surface area contributed by atoms with E-state index in [1.807, 2.05) is 6.20 Å². The molecule has 2 atom stereocenters. The molecule has 6 heterocycles. The maximum Gasteiger partial charge on any atom is 0.223 e. The molecule has 0 bridgehead atoms. The Morgan fingerprint density at radius 2 is 1.59 bits per heavy atom. The summed E-state index contributed by atoms with van der Waals surface area (Å²) in [6.45, 7) is 10.0. The summed E-state index contributed by atoms with van der Waals surface area (Å²) in [5.41, 5.74) is 8.35. The number of anilines is 1. The summed E-state index contributed by atoms with van der Waals surface area (Å²) in [7, 11) is 0. The zero-order valence-corrected chi connectivity index (χ0v) is 19.6. The zero-order valence-electron chi connectivity index (χ0n) is 19.6. The number of hydrogen-bond donors (Lipinski definition) is 1. The molecule has 0 saturated carbocycles. The molecule has 3 aromatic rings. The smallest absolute Gasteiger partial charge is 0.223 e. The van der Waals surface area contributed by atoms with Crippen molar-refractivity contribution in [2.75, 3.05) is 51.7 Å². The van der Waals surface area contributed by atoms with Gasteiger partial charge in [-0.05, 0) is 19.9 Å². The minimum absolute atomic E-state index is 0.129. The van der Waals surface area contributed by atoms with Gasteiger partial charge in [-0.25, -0.2) is 19.9 Å². The van der Waals surface area contributed by atoms with Gasteiger partial charge in [0.15, 0.2) is 5.82 Å². The molecular weight excluding hydrogens is 436 g/mol. The summed E-state index contributed by atoms with van der Waals surface area (Å²) < 4.78 is 20.8. The summed E-state index contributed by atoms with van der Waals surface area (Å²) in [5.74, 6) is 0.0938. The van der Waals surface area contributed by atoms with E-state index in [1.54, 1.807) is 12.4 Å². The molecule has 0 radical (unpaired) electrons. The molecule has 0 aromatic carbocycles. The molecule has 3 aromatic heterocycles. The second kappa shape index (κ2) is 8.51. The van der Waals surface area contributed by atoms with Gasteiger partial charge in [0.05, 0.1) is 43.3 Å². The Balaban J connectivity index is 1.49. The van der Waals surface area contributed by atoms with Gasteiger partial charge in [0.2, 0.25) is 11.8 Å². The maximum absolute atomic E-state index is 6.76.